The second-order valence-electron chi connectivity index (χ2n) is 5.77. The van der Waals surface area contributed by atoms with E-state index < -0.39 is 11.1 Å². The smallest absolute Gasteiger partial charge is 0.188 e. The van der Waals surface area contributed by atoms with E-state index in [4.69, 9.17) is 0 Å². The fourth-order valence-corrected chi connectivity index (χ4v) is 4.04. The number of fused-ring (bicyclic) bond motifs is 1. The number of nitrogens with zero attached hydrogens (tertiary/aromatic N) is 1. The molecule has 0 aliphatic carbocycles. The summed E-state index contributed by atoms with van der Waals surface area (Å²) in [7, 11) is 0. The van der Waals surface area contributed by atoms with Crippen LogP contribution in [0.3, 0.4) is 0 Å². The van der Waals surface area contributed by atoms with Gasteiger partial charge in [-0.2, -0.15) is 0 Å². The maximum Gasteiger partial charge on any atom is 0.188 e. The highest BCUT2D eigenvalue weighted by Crippen LogP contribution is 2.26. The molecule has 0 spiro atoms. The molecule has 110 valence electrons. The summed E-state index contributed by atoms with van der Waals surface area (Å²) in [6, 6.07) is 5.56. The van der Waals surface area contributed by atoms with Crippen molar-refractivity contribution in [3.63, 3.8) is 0 Å². The Morgan fingerprint density at radius 2 is 1.95 bits per heavy atom. The number of pyridine rings is 1. The predicted molar refractivity (Wildman–Crippen MR) is 86.6 cm³/mol. The predicted octanol–water partition coefficient (Wildman–Crippen LogP) is 2.53. The van der Waals surface area contributed by atoms with Crippen LogP contribution in [0, 0.1) is 0 Å². The highest BCUT2D eigenvalue weighted by Gasteiger charge is 2.30. The van der Waals surface area contributed by atoms with E-state index in [1.807, 2.05) is 12.1 Å². The molecule has 0 aliphatic heterocycles. The van der Waals surface area contributed by atoms with Crippen LogP contribution in [0.2, 0.25) is 0 Å². The maximum atomic E-state index is 11.2. The molecular weight excluding hydrogens is 284 g/mol. The third kappa shape index (κ3) is 3.68. The third-order valence-corrected chi connectivity index (χ3v) is 5.08. The minimum absolute atomic E-state index is 0.107. The Labute approximate surface area is 127 Å². The lowest BCUT2D eigenvalue weighted by atomic mass is 10.1. The van der Waals surface area contributed by atoms with Crippen LogP contribution in [0.15, 0.2) is 35.5 Å². The molecule has 21 heavy (non-hydrogen) atoms. The van der Waals surface area contributed by atoms with E-state index in [-0.39, 0.29) is 5.54 Å². The lowest BCUT2D eigenvalue weighted by Crippen LogP contribution is -2.42. The molecule has 1 heterocycles. The van der Waals surface area contributed by atoms with Gasteiger partial charge in [-0.3, -0.25) is 14.6 Å². The van der Waals surface area contributed by atoms with Crippen LogP contribution >= 0.6 is 0 Å². The highest BCUT2D eigenvalue weighted by atomic mass is 32.2. The molecule has 0 fully saturated rings. The lowest BCUT2D eigenvalue weighted by molar-refractivity contribution is -0.105. The molecule has 1 N–H and O–H groups in total. The van der Waals surface area contributed by atoms with Crippen molar-refractivity contribution in [1.29, 1.82) is 0 Å². The minimum atomic E-state index is -0.416. The average molecular weight is 303 g/mol. The van der Waals surface area contributed by atoms with Gasteiger partial charge in [0.25, 0.3) is 0 Å². The van der Waals surface area contributed by atoms with Gasteiger partial charge in [0.1, 0.15) is 11.1 Å². The fraction of sp³-hybridized carbons (Fsp3) is 0.312. The summed E-state index contributed by atoms with van der Waals surface area (Å²) in [4.78, 5) is 27.4. The van der Waals surface area contributed by atoms with Gasteiger partial charge in [-0.25, -0.2) is 0 Å². The topological polar surface area (TPSA) is 59.1 Å². The number of benzene rings is 1. The Hall–Kier alpha value is -1.72. The number of hydrogen-bond acceptors (Lipinski definition) is 4. The van der Waals surface area contributed by atoms with Crippen molar-refractivity contribution in [3.8, 4) is 0 Å². The number of carbonyl (C=O) groups is 2. The Balaban J connectivity index is 2.57. The highest BCUT2D eigenvalue weighted by molar-refractivity contribution is 7.95. The van der Waals surface area contributed by atoms with Gasteiger partial charge in [0.2, 0.25) is 0 Å². The van der Waals surface area contributed by atoms with E-state index in [9.17, 15) is 9.59 Å². The summed E-state index contributed by atoms with van der Waals surface area (Å²) in [5, 5.41) is 1.79. The number of aromatic nitrogens is 1. The monoisotopic (exact) mass is 303 g/mol. The third-order valence-electron chi connectivity index (χ3n) is 2.87. The first kappa shape index (κ1) is 15.7. The van der Waals surface area contributed by atoms with Crippen molar-refractivity contribution >= 4 is 34.4 Å². The first-order valence-electron chi connectivity index (χ1n) is 6.70. The van der Waals surface area contributed by atoms with Crippen LogP contribution in [0.1, 0.15) is 31.1 Å². The van der Waals surface area contributed by atoms with E-state index in [1.165, 1.54) is 0 Å². The molecule has 2 aromatic rings. The molecule has 0 amide bonds. The van der Waals surface area contributed by atoms with Crippen molar-refractivity contribution in [2.24, 2.45) is 0 Å². The summed E-state index contributed by atoms with van der Waals surface area (Å²) in [6.07, 6.45) is 5.21. The van der Waals surface area contributed by atoms with Gasteiger partial charge in [-0.1, -0.05) is 0 Å². The number of aldehydes is 2. The van der Waals surface area contributed by atoms with Crippen LogP contribution < -0.4 is 4.72 Å². The summed E-state index contributed by atoms with van der Waals surface area (Å²) in [6.45, 7) is 6.20. The number of rotatable bonds is 5. The van der Waals surface area contributed by atoms with Crippen molar-refractivity contribution in [1.82, 2.24) is 9.71 Å². The molecule has 0 radical (unpaired) electrons. The van der Waals surface area contributed by atoms with Gasteiger partial charge in [0.05, 0.1) is 10.9 Å². The Morgan fingerprint density at radius 1 is 1.19 bits per heavy atom. The van der Waals surface area contributed by atoms with Gasteiger partial charge in [-0.15, -0.1) is 4.72 Å². The van der Waals surface area contributed by atoms with E-state index in [0.29, 0.717) is 11.3 Å². The lowest BCUT2D eigenvalue weighted by Gasteiger charge is -2.20. The van der Waals surface area contributed by atoms with Gasteiger partial charge >= 0.3 is 0 Å². The second-order valence-corrected chi connectivity index (χ2v) is 7.53. The second kappa shape index (κ2) is 6.37. The van der Waals surface area contributed by atoms with Crippen LogP contribution in [0.4, 0.5) is 0 Å². The molecule has 0 aliphatic rings. The van der Waals surface area contributed by atoms with Gasteiger partial charge in [-0.05, 0) is 39.0 Å². The SMILES string of the molecule is CC(C)(C)N[S+](CC=O)c1ccc(C=O)c2ccncc12. The molecule has 4 nitrogen and oxygen atoms in total. The van der Waals surface area contributed by atoms with E-state index in [0.717, 1.165) is 28.2 Å². The maximum absolute atomic E-state index is 11.2. The van der Waals surface area contributed by atoms with Crippen molar-refractivity contribution in [2.45, 2.75) is 31.2 Å². The van der Waals surface area contributed by atoms with Crippen LogP contribution in [0.5, 0.6) is 0 Å². The van der Waals surface area contributed by atoms with Crippen molar-refractivity contribution in [3.05, 3.63) is 36.2 Å². The number of carbonyl (C=O) groups excluding carboxylic acids is 2. The van der Waals surface area contributed by atoms with Gasteiger partial charge in [0.15, 0.2) is 23.2 Å². The molecule has 1 aromatic heterocycles. The van der Waals surface area contributed by atoms with Crippen molar-refractivity contribution < 1.29 is 9.59 Å². The van der Waals surface area contributed by atoms with Crippen molar-refractivity contribution in [2.75, 3.05) is 5.75 Å². The molecular formula is C16H19N2O2S+. The zero-order chi connectivity index (χ0) is 15.5. The molecule has 0 saturated heterocycles. The van der Waals surface area contributed by atoms with Gasteiger partial charge < -0.3 is 0 Å². The molecule has 1 atom stereocenters. The Morgan fingerprint density at radius 3 is 2.57 bits per heavy atom. The van der Waals surface area contributed by atoms with Crippen LogP contribution in [-0.2, 0) is 15.9 Å². The van der Waals surface area contributed by atoms with E-state index in [1.54, 1.807) is 18.5 Å². The zero-order valence-electron chi connectivity index (χ0n) is 12.4. The minimum Gasteiger partial charge on any atom is -0.298 e. The van der Waals surface area contributed by atoms with Gasteiger partial charge in [0, 0.05) is 23.3 Å². The first-order chi connectivity index (χ1) is 9.96. The fourth-order valence-electron chi connectivity index (χ4n) is 2.13. The molecule has 1 aromatic carbocycles. The van der Waals surface area contributed by atoms with E-state index in [2.05, 4.69) is 30.5 Å². The Kier molecular flexibility index (Phi) is 4.75. The quantitative estimate of drug-likeness (QED) is 0.681. The van der Waals surface area contributed by atoms with Crippen LogP contribution in [0.25, 0.3) is 10.8 Å². The molecule has 1 unspecified atom stereocenters. The Bertz CT molecular complexity index is 665. The molecule has 0 bridgehead atoms. The molecule has 5 heteroatoms. The average Bonchev–Trinajstić information content (AvgIpc) is 2.44. The molecule has 0 saturated carbocycles. The van der Waals surface area contributed by atoms with Crippen LogP contribution in [-0.4, -0.2) is 28.8 Å². The number of nitrogens with one attached hydrogen (secondary N) is 1. The normalized spacial score (nSPS) is 13.1. The summed E-state index contributed by atoms with van der Waals surface area (Å²) in [5.74, 6) is 0.404. The van der Waals surface area contributed by atoms with E-state index >= 15 is 0 Å². The summed E-state index contributed by atoms with van der Waals surface area (Å²) >= 11 is -0.416. The summed E-state index contributed by atoms with van der Waals surface area (Å²) < 4.78 is 3.48. The summed E-state index contributed by atoms with van der Waals surface area (Å²) in [5.41, 5.74) is 0.533. The molecule has 2 rings (SSSR count). The largest absolute Gasteiger partial charge is 0.298 e. The standard InChI is InChI=1S/C16H19N2O2S/c1-16(2,3)18-21(9-8-19)15-5-4-12(11-20)13-6-7-17-10-14(13)15/h4-8,10-11,18H,9H2,1-3H3/q+1. The first-order valence-corrected chi connectivity index (χ1v) is 8.10. The zero-order valence-corrected chi connectivity index (χ0v) is 13.2. The number of hydrogen-bond donors (Lipinski definition) is 1.